The third kappa shape index (κ3) is 4.15. The van der Waals surface area contributed by atoms with Gasteiger partial charge in [-0.2, -0.15) is 0 Å². The van der Waals surface area contributed by atoms with Gasteiger partial charge in [0.25, 0.3) is 5.91 Å². The molecule has 6 nitrogen and oxygen atoms in total. The van der Waals surface area contributed by atoms with Crippen molar-refractivity contribution in [2.24, 2.45) is 5.92 Å². The maximum atomic E-state index is 12.0. The van der Waals surface area contributed by atoms with E-state index >= 15 is 0 Å². The Hall–Kier alpha value is -2.24. The van der Waals surface area contributed by atoms with Crippen molar-refractivity contribution in [2.75, 3.05) is 12.3 Å². The van der Waals surface area contributed by atoms with Crippen molar-refractivity contribution in [1.82, 2.24) is 10.6 Å². The second-order valence-electron chi connectivity index (χ2n) is 5.08. The van der Waals surface area contributed by atoms with E-state index in [1.54, 1.807) is 13.0 Å². The molecule has 5 N–H and O–H groups in total. The Labute approximate surface area is 118 Å². The normalized spacial score (nSPS) is 12.0. The van der Waals surface area contributed by atoms with Gasteiger partial charge in [0, 0.05) is 6.54 Å². The van der Waals surface area contributed by atoms with Crippen molar-refractivity contribution in [3.8, 4) is 5.75 Å². The highest BCUT2D eigenvalue weighted by molar-refractivity contribution is 6.00. The van der Waals surface area contributed by atoms with E-state index < -0.39 is 11.9 Å². The summed E-state index contributed by atoms with van der Waals surface area (Å²) in [4.78, 5) is 23.7. The second-order valence-corrected chi connectivity index (χ2v) is 5.08. The van der Waals surface area contributed by atoms with Crippen molar-refractivity contribution >= 4 is 17.5 Å². The summed E-state index contributed by atoms with van der Waals surface area (Å²) in [7, 11) is 0. The number of para-hydroxylation sites is 1. The van der Waals surface area contributed by atoms with Gasteiger partial charge in [0.1, 0.15) is 6.04 Å². The van der Waals surface area contributed by atoms with Crippen LogP contribution >= 0.6 is 0 Å². The van der Waals surface area contributed by atoms with Crippen molar-refractivity contribution in [3.05, 3.63) is 23.8 Å². The first kappa shape index (κ1) is 15.8. The maximum Gasteiger partial charge on any atom is 0.255 e. The lowest BCUT2D eigenvalue weighted by Crippen LogP contribution is -2.45. The molecular weight excluding hydrogens is 258 g/mol. The molecule has 0 aliphatic carbocycles. The van der Waals surface area contributed by atoms with Crippen molar-refractivity contribution < 1.29 is 14.7 Å². The molecular formula is C14H21N3O3. The SMILES string of the molecule is CC(C)CNC(=O)C(C)NC(=O)c1cccc(N)c1O. The van der Waals surface area contributed by atoms with Crippen LogP contribution in [0.2, 0.25) is 0 Å². The van der Waals surface area contributed by atoms with Crippen molar-refractivity contribution in [2.45, 2.75) is 26.8 Å². The van der Waals surface area contributed by atoms with Gasteiger partial charge in [-0.25, -0.2) is 0 Å². The van der Waals surface area contributed by atoms with Crippen LogP contribution in [0.25, 0.3) is 0 Å². The van der Waals surface area contributed by atoms with Gasteiger partial charge in [-0.15, -0.1) is 0 Å². The number of nitrogens with one attached hydrogen (secondary N) is 2. The monoisotopic (exact) mass is 279 g/mol. The lowest BCUT2D eigenvalue weighted by molar-refractivity contribution is -0.122. The lowest BCUT2D eigenvalue weighted by atomic mass is 10.1. The van der Waals surface area contributed by atoms with Gasteiger partial charge in [-0.05, 0) is 25.0 Å². The zero-order valence-electron chi connectivity index (χ0n) is 11.9. The molecule has 2 amide bonds. The van der Waals surface area contributed by atoms with Gasteiger partial charge in [-0.3, -0.25) is 9.59 Å². The number of phenols is 1. The van der Waals surface area contributed by atoms with Gasteiger partial charge in [0.2, 0.25) is 5.91 Å². The van der Waals surface area contributed by atoms with Crippen molar-refractivity contribution in [3.63, 3.8) is 0 Å². The summed E-state index contributed by atoms with van der Waals surface area (Å²) in [5, 5.41) is 15.0. The van der Waals surface area contributed by atoms with E-state index in [1.807, 2.05) is 13.8 Å². The fourth-order valence-electron chi connectivity index (χ4n) is 1.54. The number of benzene rings is 1. The topological polar surface area (TPSA) is 104 Å². The molecule has 0 radical (unpaired) electrons. The first-order valence-corrected chi connectivity index (χ1v) is 6.49. The number of nitrogen functional groups attached to an aromatic ring is 1. The first-order valence-electron chi connectivity index (χ1n) is 6.49. The summed E-state index contributed by atoms with van der Waals surface area (Å²) in [6, 6.07) is 3.81. The molecule has 1 rings (SSSR count). The number of phenolic OH excluding ortho intramolecular Hbond substituents is 1. The molecule has 0 saturated carbocycles. The van der Waals surface area contributed by atoms with E-state index in [1.165, 1.54) is 12.1 Å². The molecule has 0 spiro atoms. The maximum absolute atomic E-state index is 12.0. The largest absolute Gasteiger partial charge is 0.505 e. The minimum Gasteiger partial charge on any atom is -0.505 e. The third-order valence-electron chi connectivity index (χ3n) is 2.74. The van der Waals surface area contributed by atoms with E-state index in [9.17, 15) is 14.7 Å². The Morgan fingerprint density at radius 3 is 2.55 bits per heavy atom. The van der Waals surface area contributed by atoms with Crippen LogP contribution in [0.1, 0.15) is 31.1 Å². The molecule has 1 atom stereocenters. The fourth-order valence-corrected chi connectivity index (χ4v) is 1.54. The van der Waals surface area contributed by atoms with E-state index in [0.29, 0.717) is 12.5 Å². The first-order chi connectivity index (χ1) is 9.32. The molecule has 0 aliphatic rings. The van der Waals surface area contributed by atoms with E-state index in [2.05, 4.69) is 10.6 Å². The number of carbonyl (C=O) groups excluding carboxylic acids is 2. The van der Waals surface area contributed by atoms with Crippen LogP contribution in [-0.4, -0.2) is 29.5 Å². The predicted molar refractivity (Wildman–Crippen MR) is 77.3 cm³/mol. The summed E-state index contributed by atoms with van der Waals surface area (Å²) in [6.45, 7) is 6.09. The zero-order chi connectivity index (χ0) is 15.3. The van der Waals surface area contributed by atoms with Gasteiger partial charge in [0.05, 0.1) is 11.3 Å². The average Bonchev–Trinajstić information content (AvgIpc) is 2.38. The minimum atomic E-state index is -0.693. The van der Waals surface area contributed by atoms with Crippen LogP contribution in [-0.2, 0) is 4.79 Å². The van der Waals surface area contributed by atoms with Crippen molar-refractivity contribution in [1.29, 1.82) is 0 Å². The fraction of sp³-hybridized carbons (Fsp3) is 0.429. The van der Waals surface area contributed by atoms with Crippen LogP contribution in [0.4, 0.5) is 5.69 Å². The van der Waals surface area contributed by atoms with E-state index in [4.69, 9.17) is 5.73 Å². The molecule has 0 aliphatic heterocycles. The Morgan fingerprint density at radius 2 is 1.95 bits per heavy atom. The summed E-state index contributed by atoms with van der Waals surface area (Å²) < 4.78 is 0. The standard InChI is InChI=1S/C14H21N3O3/c1-8(2)7-16-13(19)9(3)17-14(20)10-5-4-6-11(15)12(10)18/h4-6,8-9,18H,7,15H2,1-3H3,(H,16,19)(H,17,20). The van der Waals surface area contributed by atoms with E-state index in [-0.39, 0.29) is 22.9 Å². The minimum absolute atomic E-state index is 0.0495. The number of amides is 2. The number of rotatable bonds is 5. The number of hydrogen-bond acceptors (Lipinski definition) is 4. The van der Waals surface area contributed by atoms with E-state index in [0.717, 1.165) is 0 Å². The number of anilines is 1. The summed E-state index contributed by atoms with van der Waals surface area (Å²) >= 11 is 0. The average molecular weight is 279 g/mol. The quantitative estimate of drug-likeness (QED) is 0.474. The molecule has 0 aromatic heterocycles. The highest BCUT2D eigenvalue weighted by atomic mass is 16.3. The summed E-state index contributed by atoms with van der Waals surface area (Å²) in [5.74, 6) is -0.753. The van der Waals surface area contributed by atoms with Gasteiger partial charge >= 0.3 is 0 Å². The molecule has 6 heteroatoms. The van der Waals surface area contributed by atoms with Crippen LogP contribution < -0.4 is 16.4 Å². The molecule has 0 fully saturated rings. The number of aromatic hydroxyl groups is 1. The van der Waals surface area contributed by atoms with Crippen LogP contribution in [0.5, 0.6) is 5.75 Å². The molecule has 0 saturated heterocycles. The molecule has 1 aromatic carbocycles. The Balaban J connectivity index is 2.66. The van der Waals surface area contributed by atoms with Gasteiger partial charge in [-0.1, -0.05) is 19.9 Å². The highest BCUT2D eigenvalue weighted by Crippen LogP contribution is 2.24. The van der Waals surface area contributed by atoms with Crippen LogP contribution in [0, 0.1) is 5.92 Å². The summed E-state index contributed by atoms with van der Waals surface area (Å²) in [6.07, 6.45) is 0. The number of hydrogen-bond donors (Lipinski definition) is 4. The second kappa shape index (κ2) is 6.79. The highest BCUT2D eigenvalue weighted by Gasteiger charge is 2.19. The molecule has 0 bridgehead atoms. The molecule has 0 heterocycles. The lowest BCUT2D eigenvalue weighted by Gasteiger charge is -2.15. The molecule has 110 valence electrons. The van der Waals surface area contributed by atoms with Gasteiger partial charge < -0.3 is 21.5 Å². The molecule has 1 aromatic rings. The zero-order valence-corrected chi connectivity index (χ0v) is 11.9. The Morgan fingerprint density at radius 1 is 1.30 bits per heavy atom. The Bertz CT molecular complexity index is 500. The molecule has 1 unspecified atom stereocenters. The predicted octanol–water partition coefficient (Wildman–Crippen LogP) is 0.865. The number of nitrogens with two attached hydrogens (primary N) is 1. The van der Waals surface area contributed by atoms with Crippen LogP contribution in [0.15, 0.2) is 18.2 Å². The summed E-state index contributed by atoms with van der Waals surface area (Å²) in [5.41, 5.74) is 5.69. The van der Waals surface area contributed by atoms with Crippen LogP contribution in [0.3, 0.4) is 0 Å². The Kier molecular flexibility index (Phi) is 5.37. The molecule has 20 heavy (non-hydrogen) atoms. The number of carbonyl (C=O) groups is 2. The smallest absolute Gasteiger partial charge is 0.255 e. The van der Waals surface area contributed by atoms with Gasteiger partial charge in [0.15, 0.2) is 5.75 Å². The third-order valence-corrected chi connectivity index (χ3v) is 2.74.